The lowest BCUT2D eigenvalue weighted by Crippen LogP contribution is -2.35. The third kappa shape index (κ3) is 7.21. The van der Waals surface area contributed by atoms with E-state index in [4.69, 9.17) is 4.74 Å². The van der Waals surface area contributed by atoms with Gasteiger partial charge in [-0.2, -0.15) is 13.2 Å². The minimum absolute atomic E-state index is 0.0604. The smallest absolute Gasteiger partial charge is 0.416 e. The molecule has 0 radical (unpaired) electrons. The molecule has 38 heavy (non-hydrogen) atoms. The molecule has 0 saturated carbocycles. The van der Waals surface area contributed by atoms with E-state index in [0.717, 1.165) is 23.3 Å². The first kappa shape index (κ1) is 26.9. The molecule has 200 valence electrons. The first-order chi connectivity index (χ1) is 18.2. The van der Waals surface area contributed by atoms with Gasteiger partial charge in [-0.15, -0.1) is 0 Å². The molecule has 0 aliphatic carbocycles. The van der Waals surface area contributed by atoms with Crippen LogP contribution in [0, 0.1) is 5.92 Å². The van der Waals surface area contributed by atoms with Gasteiger partial charge in [-0.1, -0.05) is 18.2 Å². The number of ether oxygens (including phenoxy) is 1. The van der Waals surface area contributed by atoms with Crippen LogP contribution in [-0.2, 0) is 35.3 Å². The predicted octanol–water partition coefficient (Wildman–Crippen LogP) is 4.55. The Balaban J connectivity index is 1.44. The third-order valence-corrected chi connectivity index (χ3v) is 6.18. The van der Waals surface area contributed by atoms with Crippen LogP contribution in [0.5, 0.6) is 5.75 Å². The average Bonchev–Trinajstić information content (AvgIpc) is 3.00. The SMILES string of the molecule is O=C(O)CC1Cc2ccc(OCCCNc3ncccn3)cc2CN(Cc2ccc(C(F)(F)F)cc2)C1=O. The molecule has 4 rings (SSSR count). The number of benzene rings is 2. The van der Waals surface area contributed by atoms with E-state index < -0.39 is 23.6 Å². The molecule has 2 heterocycles. The largest absolute Gasteiger partial charge is 0.494 e. The standard InChI is InChI=1S/C27H27F3N4O4/c28-27(29,30)22-6-3-18(4-7-22)16-34-17-21-14-23(38-12-2-11-33-26-31-9-1-10-32-26)8-5-19(21)13-20(25(34)37)15-24(35)36/h1,3-10,14,20H,2,11-13,15-17H2,(H,35,36)(H,31,32,33). The zero-order valence-electron chi connectivity index (χ0n) is 20.4. The van der Waals surface area contributed by atoms with Gasteiger partial charge in [-0.05, 0) is 59.9 Å². The first-order valence-electron chi connectivity index (χ1n) is 12.1. The highest BCUT2D eigenvalue weighted by atomic mass is 19.4. The summed E-state index contributed by atoms with van der Waals surface area (Å²) in [5.74, 6) is -1.07. The van der Waals surface area contributed by atoms with Crippen LogP contribution >= 0.6 is 0 Å². The molecule has 1 aromatic heterocycles. The van der Waals surface area contributed by atoms with E-state index in [-0.39, 0.29) is 31.8 Å². The van der Waals surface area contributed by atoms with Crippen LogP contribution in [-0.4, -0.2) is 45.0 Å². The average molecular weight is 529 g/mol. The summed E-state index contributed by atoms with van der Waals surface area (Å²) in [5.41, 5.74) is 1.40. The summed E-state index contributed by atoms with van der Waals surface area (Å²) in [4.78, 5) is 34.4. The summed E-state index contributed by atoms with van der Waals surface area (Å²) in [7, 11) is 0. The molecule has 1 unspecified atom stereocenters. The number of halogens is 3. The molecule has 2 aromatic carbocycles. The van der Waals surface area contributed by atoms with E-state index >= 15 is 0 Å². The van der Waals surface area contributed by atoms with Gasteiger partial charge in [0.05, 0.1) is 24.5 Å². The molecule has 8 nitrogen and oxygen atoms in total. The van der Waals surface area contributed by atoms with Crippen LogP contribution in [0.2, 0.25) is 0 Å². The van der Waals surface area contributed by atoms with Crippen LogP contribution in [0.3, 0.4) is 0 Å². The number of alkyl halides is 3. The van der Waals surface area contributed by atoms with E-state index in [9.17, 15) is 27.9 Å². The van der Waals surface area contributed by atoms with Gasteiger partial charge in [0.2, 0.25) is 11.9 Å². The Labute approximate surface area is 217 Å². The summed E-state index contributed by atoms with van der Waals surface area (Å²) in [6, 6.07) is 11.8. The second-order valence-electron chi connectivity index (χ2n) is 9.02. The number of carboxylic acid groups (broad SMARTS) is 1. The number of carbonyl (C=O) groups excluding carboxylic acids is 1. The number of rotatable bonds is 10. The Kier molecular flexibility index (Phi) is 8.45. The minimum atomic E-state index is -4.45. The van der Waals surface area contributed by atoms with Crippen molar-refractivity contribution in [2.24, 2.45) is 5.92 Å². The predicted molar refractivity (Wildman–Crippen MR) is 132 cm³/mol. The number of hydrogen-bond acceptors (Lipinski definition) is 6. The molecule has 0 bridgehead atoms. The van der Waals surface area contributed by atoms with Crippen LogP contribution in [0.15, 0.2) is 60.9 Å². The molecular formula is C27H27F3N4O4. The van der Waals surface area contributed by atoms with E-state index in [1.165, 1.54) is 17.0 Å². The molecule has 0 fully saturated rings. The van der Waals surface area contributed by atoms with Crippen molar-refractivity contribution in [3.8, 4) is 5.75 Å². The summed E-state index contributed by atoms with van der Waals surface area (Å²) < 4.78 is 44.7. The van der Waals surface area contributed by atoms with Crippen molar-refractivity contribution in [1.29, 1.82) is 0 Å². The fraction of sp³-hybridized carbons (Fsp3) is 0.333. The van der Waals surface area contributed by atoms with Crippen molar-refractivity contribution in [2.75, 3.05) is 18.5 Å². The number of nitrogens with zero attached hydrogens (tertiary/aromatic N) is 3. The van der Waals surface area contributed by atoms with Gasteiger partial charge in [0.1, 0.15) is 5.75 Å². The Bertz CT molecular complexity index is 1250. The summed E-state index contributed by atoms with van der Waals surface area (Å²) in [5, 5.41) is 12.5. The second-order valence-corrected chi connectivity index (χ2v) is 9.02. The van der Waals surface area contributed by atoms with E-state index in [0.29, 0.717) is 36.8 Å². The Morgan fingerprint density at radius 2 is 1.84 bits per heavy atom. The lowest BCUT2D eigenvalue weighted by atomic mass is 9.94. The summed E-state index contributed by atoms with van der Waals surface area (Å²) in [6.45, 7) is 1.29. The Morgan fingerprint density at radius 1 is 1.11 bits per heavy atom. The van der Waals surface area contributed by atoms with Gasteiger partial charge >= 0.3 is 12.1 Å². The molecule has 0 spiro atoms. The highest BCUT2D eigenvalue weighted by Gasteiger charge is 2.32. The van der Waals surface area contributed by atoms with Crippen molar-refractivity contribution >= 4 is 17.8 Å². The third-order valence-electron chi connectivity index (χ3n) is 6.18. The number of carbonyl (C=O) groups is 2. The van der Waals surface area contributed by atoms with E-state index in [1.54, 1.807) is 24.5 Å². The molecular weight excluding hydrogens is 501 g/mol. The monoisotopic (exact) mass is 528 g/mol. The normalized spacial score (nSPS) is 15.5. The number of nitrogens with one attached hydrogen (secondary N) is 1. The number of aromatic nitrogens is 2. The highest BCUT2D eigenvalue weighted by Crippen LogP contribution is 2.31. The molecule has 1 aliphatic rings. The molecule has 3 aromatic rings. The van der Waals surface area contributed by atoms with Crippen LogP contribution in [0.4, 0.5) is 19.1 Å². The molecule has 1 atom stereocenters. The van der Waals surface area contributed by atoms with Gasteiger partial charge in [0.25, 0.3) is 0 Å². The second kappa shape index (κ2) is 11.9. The van der Waals surface area contributed by atoms with Crippen LogP contribution in [0.25, 0.3) is 0 Å². The molecule has 1 amide bonds. The van der Waals surface area contributed by atoms with Crippen molar-refractivity contribution in [1.82, 2.24) is 14.9 Å². The number of anilines is 1. The summed E-state index contributed by atoms with van der Waals surface area (Å²) in [6.07, 6.45) is -0.551. The topological polar surface area (TPSA) is 105 Å². The van der Waals surface area contributed by atoms with Crippen molar-refractivity contribution in [3.05, 3.63) is 83.2 Å². The molecule has 1 aliphatic heterocycles. The fourth-order valence-corrected chi connectivity index (χ4v) is 4.31. The number of aliphatic carboxylic acids is 1. The lowest BCUT2D eigenvalue weighted by molar-refractivity contribution is -0.144. The molecule has 0 saturated heterocycles. The van der Waals surface area contributed by atoms with Crippen molar-refractivity contribution in [3.63, 3.8) is 0 Å². The van der Waals surface area contributed by atoms with Crippen molar-refractivity contribution in [2.45, 2.75) is 38.5 Å². The first-order valence-corrected chi connectivity index (χ1v) is 12.1. The van der Waals surface area contributed by atoms with Gasteiger partial charge in [0.15, 0.2) is 0 Å². The maximum absolute atomic E-state index is 13.3. The Morgan fingerprint density at radius 3 is 2.53 bits per heavy atom. The highest BCUT2D eigenvalue weighted by molar-refractivity contribution is 5.84. The van der Waals surface area contributed by atoms with Gasteiger partial charge in [-0.3, -0.25) is 9.59 Å². The van der Waals surface area contributed by atoms with Gasteiger partial charge in [0, 0.05) is 32.0 Å². The number of fused-ring (bicyclic) bond motifs is 1. The lowest BCUT2D eigenvalue weighted by Gasteiger charge is -2.24. The van der Waals surface area contributed by atoms with Gasteiger partial charge in [-0.25, -0.2) is 9.97 Å². The van der Waals surface area contributed by atoms with E-state index in [1.807, 2.05) is 12.1 Å². The minimum Gasteiger partial charge on any atom is -0.494 e. The maximum atomic E-state index is 13.3. The maximum Gasteiger partial charge on any atom is 0.416 e. The number of amides is 1. The van der Waals surface area contributed by atoms with Crippen LogP contribution < -0.4 is 10.1 Å². The van der Waals surface area contributed by atoms with E-state index in [2.05, 4.69) is 15.3 Å². The van der Waals surface area contributed by atoms with Gasteiger partial charge < -0.3 is 20.1 Å². The molecule has 11 heteroatoms. The van der Waals surface area contributed by atoms with Crippen molar-refractivity contribution < 1.29 is 32.6 Å². The van der Waals surface area contributed by atoms with Crippen LogP contribution in [0.1, 0.15) is 35.1 Å². The number of carboxylic acids is 1. The zero-order valence-corrected chi connectivity index (χ0v) is 20.4. The number of hydrogen-bond donors (Lipinski definition) is 2. The summed E-state index contributed by atoms with van der Waals surface area (Å²) >= 11 is 0. The molecule has 2 N–H and O–H groups in total. The Hall–Kier alpha value is -4.15. The fourth-order valence-electron chi connectivity index (χ4n) is 4.31. The quantitative estimate of drug-likeness (QED) is 0.372. The zero-order chi connectivity index (χ0) is 27.1.